The van der Waals surface area contributed by atoms with Crippen molar-refractivity contribution in [3.8, 4) is 5.75 Å². The van der Waals surface area contributed by atoms with Crippen LogP contribution in [0.15, 0.2) is 54.6 Å². The highest BCUT2D eigenvalue weighted by atomic mass is 35.5. The summed E-state index contributed by atoms with van der Waals surface area (Å²) in [5.74, 6) is 0.245. The predicted octanol–water partition coefficient (Wildman–Crippen LogP) is 3.85. The van der Waals surface area contributed by atoms with E-state index in [9.17, 15) is 9.59 Å². The standard InChI is InChI=1S/C20H21ClN2O3/c1-3-26-18-11-4-15(5-12-18)6-13-20(25)23(2)14-19(24)22-17-9-7-16(21)8-10-17/h4-13H,3,14H2,1-2H3,(H,22,24)/b13-6+. The molecule has 2 rings (SSSR count). The Hall–Kier alpha value is -2.79. The average molecular weight is 373 g/mol. The number of hydrogen-bond donors (Lipinski definition) is 1. The van der Waals surface area contributed by atoms with Gasteiger partial charge in [0.05, 0.1) is 13.2 Å². The number of anilines is 1. The van der Waals surface area contributed by atoms with E-state index in [1.165, 1.54) is 11.0 Å². The van der Waals surface area contributed by atoms with Gasteiger partial charge in [-0.25, -0.2) is 0 Å². The molecule has 6 heteroatoms. The fraction of sp³-hybridized carbons (Fsp3) is 0.200. The molecule has 0 saturated heterocycles. The quantitative estimate of drug-likeness (QED) is 0.751. The van der Waals surface area contributed by atoms with Crippen LogP contribution in [0.3, 0.4) is 0 Å². The van der Waals surface area contributed by atoms with Crippen molar-refractivity contribution in [2.24, 2.45) is 0 Å². The smallest absolute Gasteiger partial charge is 0.246 e. The summed E-state index contributed by atoms with van der Waals surface area (Å²) in [6.45, 7) is 2.48. The van der Waals surface area contributed by atoms with Crippen LogP contribution in [0, 0.1) is 0 Å². The Labute approximate surface area is 158 Å². The summed E-state index contributed by atoms with van der Waals surface area (Å²) in [6.07, 6.45) is 3.14. The first-order valence-electron chi connectivity index (χ1n) is 8.19. The summed E-state index contributed by atoms with van der Waals surface area (Å²) in [4.78, 5) is 25.5. The lowest BCUT2D eigenvalue weighted by Crippen LogP contribution is -2.33. The van der Waals surface area contributed by atoms with Crippen LogP contribution in [0.25, 0.3) is 6.08 Å². The van der Waals surface area contributed by atoms with Crippen LogP contribution in [0.2, 0.25) is 5.02 Å². The van der Waals surface area contributed by atoms with E-state index in [1.807, 2.05) is 31.2 Å². The Kier molecular flexibility index (Phi) is 7.24. The second-order valence-electron chi connectivity index (χ2n) is 5.58. The number of benzene rings is 2. The monoisotopic (exact) mass is 372 g/mol. The number of carbonyl (C=O) groups is 2. The van der Waals surface area contributed by atoms with Crippen LogP contribution in [-0.4, -0.2) is 36.9 Å². The van der Waals surface area contributed by atoms with Crippen molar-refractivity contribution >= 4 is 35.2 Å². The summed E-state index contributed by atoms with van der Waals surface area (Å²) in [5, 5.41) is 3.31. The van der Waals surface area contributed by atoms with Crippen molar-refractivity contribution in [3.63, 3.8) is 0 Å². The van der Waals surface area contributed by atoms with Crippen molar-refractivity contribution in [2.75, 3.05) is 25.5 Å². The van der Waals surface area contributed by atoms with Crippen molar-refractivity contribution in [1.82, 2.24) is 4.90 Å². The Morgan fingerprint density at radius 3 is 2.38 bits per heavy atom. The first-order chi connectivity index (χ1) is 12.5. The number of ether oxygens (including phenoxy) is 1. The van der Waals surface area contributed by atoms with Gasteiger partial charge in [-0.05, 0) is 55.0 Å². The molecule has 0 aliphatic carbocycles. The molecule has 0 aliphatic rings. The van der Waals surface area contributed by atoms with Gasteiger partial charge in [-0.15, -0.1) is 0 Å². The number of nitrogens with one attached hydrogen (secondary N) is 1. The van der Waals surface area contributed by atoms with Crippen molar-refractivity contribution < 1.29 is 14.3 Å². The molecule has 0 bridgehead atoms. The van der Waals surface area contributed by atoms with E-state index in [-0.39, 0.29) is 18.4 Å². The summed E-state index contributed by atoms with van der Waals surface area (Å²) in [5.41, 5.74) is 1.51. The zero-order valence-corrected chi connectivity index (χ0v) is 15.5. The van der Waals surface area contributed by atoms with Gasteiger partial charge in [-0.1, -0.05) is 23.7 Å². The van der Waals surface area contributed by atoms with Gasteiger partial charge in [0.25, 0.3) is 0 Å². The summed E-state index contributed by atoms with van der Waals surface area (Å²) >= 11 is 5.80. The molecule has 26 heavy (non-hydrogen) atoms. The highest BCUT2D eigenvalue weighted by Gasteiger charge is 2.10. The molecule has 0 fully saturated rings. The van der Waals surface area contributed by atoms with Gasteiger partial charge in [0.15, 0.2) is 0 Å². The lowest BCUT2D eigenvalue weighted by molar-refractivity contribution is -0.129. The maximum atomic E-state index is 12.1. The van der Waals surface area contributed by atoms with Gasteiger partial charge < -0.3 is 15.0 Å². The largest absolute Gasteiger partial charge is 0.494 e. The minimum absolute atomic E-state index is 0.0466. The molecule has 136 valence electrons. The minimum atomic E-state index is -0.280. The first-order valence-corrected chi connectivity index (χ1v) is 8.57. The molecular formula is C20H21ClN2O3. The highest BCUT2D eigenvalue weighted by Crippen LogP contribution is 2.14. The molecule has 0 spiro atoms. The van der Waals surface area contributed by atoms with Crippen molar-refractivity contribution in [3.05, 3.63) is 65.2 Å². The number of rotatable bonds is 7. The van der Waals surface area contributed by atoms with E-state index < -0.39 is 0 Å². The third kappa shape index (κ3) is 6.26. The number of likely N-dealkylation sites (N-methyl/N-ethyl adjacent to an activating group) is 1. The van der Waals surface area contributed by atoms with Crippen LogP contribution in [0.5, 0.6) is 5.75 Å². The van der Waals surface area contributed by atoms with E-state index in [4.69, 9.17) is 16.3 Å². The molecule has 0 unspecified atom stereocenters. The van der Waals surface area contributed by atoms with Gasteiger partial charge in [0, 0.05) is 23.8 Å². The van der Waals surface area contributed by atoms with Gasteiger partial charge in [0.2, 0.25) is 11.8 Å². The van der Waals surface area contributed by atoms with Crippen LogP contribution in [0.1, 0.15) is 12.5 Å². The second-order valence-corrected chi connectivity index (χ2v) is 6.02. The number of nitrogens with zero attached hydrogens (tertiary/aromatic N) is 1. The number of halogens is 1. The third-order valence-corrected chi connectivity index (χ3v) is 3.75. The fourth-order valence-corrected chi connectivity index (χ4v) is 2.29. The van der Waals surface area contributed by atoms with E-state index in [0.717, 1.165) is 11.3 Å². The summed E-state index contributed by atoms with van der Waals surface area (Å²) in [7, 11) is 1.58. The zero-order valence-electron chi connectivity index (χ0n) is 14.7. The normalized spacial score (nSPS) is 10.6. The summed E-state index contributed by atoms with van der Waals surface area (Å²) in [6, 6.07) is 14.2. The van der Waals surface area contributed by atoms with E-state index in [1.54, 1.807) is 37.4 Å². The van der Waals surface area contributed by atoms with Crippen molar-refractivity contribution in [1.29, 1.82) is 0 Å². The van der Waals surface area contributed by atoms with Gasteiger partial charge in [0.1, 0.15) is 5.75 Å². The SMILES string of the molecule is CCOc1ccc(/C=C/C(=O)N(C)CC(=O)Nc2ccc(Cl)cc2)cc1. The van der Waals surface area contributed by atoms with Gasteiger partial charge in [-0.3, -0.25) is 9.59 Å². The molecule has 2 amide bonds. The fourth-order valence-electron chi connectivity index (χ4n) is 2.16. The molecule has 0 saturated carbocycles. The molecule has 2 aromatic rings. The first kappa shape index (κ1) is 19.5. The molecule has 0 aliphatic heterocycles. The van der Waals surface area contributed by atoms with Crippen LogP contribution in [0.4, 0.5) is 5.69 Å². The van der Waals surface area contributed by atoms with Gasteiger partial charge in [-0.2, -0.15) is 0 Å². The molecule has 1 N–H and O–H groups in total. The Morgan fingerprint density at radius 1 is 1.12 bits per heavy atom. The molecule has 0 aromatic heterocycles. The Morgan fingerprint density at radius 2 is 1.77 bits per heavy atom. The lowest BCUT2D eigenvalue weighted by atomic mass is 10.2. The Balaban J connectivity index is 1.85. The molecule has 5 nitrogen and oxygen atoms in total. The molecule has 0 radical (unpaired) electrons. The Bertz CT molecular complexity index is 771. The maximum absolute atomic E-state index is 12.1. The van der Waals surface area contributed by atoms with Crippen molar-refractivity contribution in [2.45, 2.75) is 6.92 Å². The number of hydrogen-bond acceptors (Lipinski definition) is 3. The van der Waals surface area contributed by atoms with Crippen LogP contribution in [-0.2, 0) is 9.59 Å². The molecule has 0 heterocycles. The van der Waals surface area contributed by atoms with E-state index in [0.29, 0.717) is 17.3 Å². The van der Waals surface area contributed by atoms with E-state index in [2.05, 4.69) is 5.32 Å². The third-order valence-electron chi connectivity index (χ3n) is 3.49. The maximum Gasteiger partial charge on any atom is 0.246 e. The van der Waals surface area contributed by atoms with E-state index >= 15 is 0 Å². The van der Waals surface area contributed by atoms with Crippen LogP contribution < -0.4 is 10.1 Å². The second kappa shape index (κ2) is 9.63. The van der Waals surface area contributed by atoms with Gasteiger partial charge >= 0.3 is 0 Å². The number of carbonyl (C=O) groups excluding carboxylic acids is 2. The molecule has 0 atom stereocenters. The summed E-state index contributed by atoms with van der Waals surface area (Å²) < 4.78 is 5.37. The predicted molar refractivity (Wildman–Crippen MR) is 104 cm³/mol. The number of amides is 2. The molecule has 2 aromatic carbocycles. The topological polar surface area (TPSA) is 58.6 Å². The minimum Gasteiger partial charge on any atom is -0.494 e. The zero-order chi connectivity index (χ0) is 18.9. The lowest BCUT2D eigenvalue weighted by Gasteiger charge is -2.14. The molecular weight excluding hydrogens is 352 g/mol. The highest BCUT2D eigenvalue weighted by molar-refractivity contribution is 6.30. The van der Waals surface area contributed by atoms with Crippen LogP contribution >= 0.6 is 11.6 Å². The average Bonchev–Trinajstić information content (AvgIpc) is 2.63.